The van der Waals surface area contributed by atoms with Crippen LogP contribution in [0.15, 0.2) is 42.5 Å². The molecule has 27 heavy (non-hydrogen) atoms. The molecular formula is C22H26N2O3. The SMILES string of the molecule is Cc1cc(C)cc(C(=O)N2CCCC(C(=O)NCc3ccccc3O)C2)c1. The number of rotatable bonds is 4. The number of aromatic hydroxyl groups is 1. The summed E-state index contributed by atoms with van der Waals surface area (Å²) in [5, 5.41) is 12.7. The summed E-state index contributed by atoms with van der Waals surface area (Å²) in [6.45, 7) is 5.35. The molecule has 2 amide bonds. The van der Waals surface area contributed by atoms with E-state index in [0.29, 0.717) is 24.2 Å². The highest BCUT2D eigenvalue weighted by atomic mass is 16.3. The second-order valence-electron chi connectivity index (χ2n) is 7.31. The second kappa shape index (κ2) is 8.25. The Labute approximate surface area is 160 Å². The van der Waals surface area contributed by atoms with E-state index in [1.54, 1.807) is 23.1 Å². The molecule has 1 saturated heterocycles. The van der Waals surface area contributed by atoms with Crippen LogP contribution < -0.4 is 5.32 Å². The van der Waals surface area contributed by atoms with E-state index in [9.17, 15) is 14.7 Å². The number of hydrogen-bond donors (Lipinski definition) is 2. The first kappa shape index (κ1) is 19.0. The van der Waals surface area contributed by atoms with E-state index in [-0.39, 0.29) is 30.0 Å². The number of aryl methyl sites for hydroxylation is 2. The van der Waals surface area contributed by atoms with Gasteiger partial charge in [-0.15, -0.1) is 0 Å². The van der Waals surface area contributed by atoms with Gasteiger partial charge in [-0.2, -0.15) is 0 Å². The van der Waals surface area contributed by atoms with Crippen molar-refractivity contribution >= 4 is 11.8 Å². The molecule has 0 radical (unpaired) electrons. The lowest BCUT2D eigenvalue weighted by atomic mass is 9.96. The Morgan fingerprint density at radius 1 is 1.15 bits per heavy atom. The molecule has 1 atom stereocenters. The van der Waals surface area contributed by atoms with Crippen molar-refractivity contribution in [2.45, 2.75) is 33.2 Å². The number of nitrogens with zero attached hydrogens (tertiary/aromatic N) is 1. The van der Waals surface area contributed by atoms with Crippen LogP contribution in [0.3, 0.4) is 0 Å². The zero-order chi connectivity index (χ0) is 19.4. The summed E-state index contributed by atoms with van der Waals surface area (Å²) in [5.41, 5.74) is 3.49. The van der Waals surface area contributed by atoms with Gasteiger partial charge in [-0.3, -0.25) is 9.59 Å². The van der Waals surface area contributed by atoms with E-state index >= 15 is 0 Å². The summed E-state index contributed by atoms with van der Waals surface area (Å²) < 4.78 is 0. The number of hydrogen-bond acceptors (Lipinski definition) is 3. The third kappa shape index (κ3) is 4.67. The average molecular weight is 366 g/mol. The molecule has 0 aliphatic carbocycles. The Bertz CT molecular complexity index is 827. The number of phenols is 1. The highest BCUT2D eigenvalue weighted by Crippen LogP contribution is 2.21. The third-order valence-electron chi connectivity index (χ3n) is 4.99. The fourth-order valence-corrected chi connectivity index (χ4v) is 3.64. The minimum Gasteiger partial charge on any atom is -0.508 e. The molecule has 2 N–H and O–H groups in total. The van der Waals surface area contributed by atoms with Gasteiger partial charge in [0.05, 0.1) is 5.92 Å². The van der Waals surface area contributed by atoms with Crippen molar-refractivity contribution in [2.75, 3.05) is 13.1 Å². The molecule has 0 spiro atoms. The number of para-hydroxylation sites is 1. The van der Waals surface area contributed by atoms with Crippen molar-refractivity contribution in [1.29, 1.82) is 0 Å². The minimum atomic E-state index is -0.223. The first-order valence-electron chi connectivity index (χ1n) is 9.36. The quantitative estimate of drug-likeness (QED) is 0.873. The smallest absolute Gasteiger partial charge is 0.253 e. The number of phenolic OH excluding ortho intramolecular Hbond substituents is 1. The van der Waals surface area contributed by atoms with Crippen LogP contribution in [0.4, 0.5) is 0 Å². The molecule has 1 aliphatic rings. The van der Waals surface area contributed by atoms with Crippen LogP contribution in [0, 0.1) is 19.8 Å². The maximum Gasteiger partial charge on any atom is 0.253 e. The fourth-order valence-electron chi connectivity index (χ4n) is 3.64. The van der Waals surface area contributed by atoms with Crippen LogP contribution in [-0.4, -0.2) is 34.9 Å². The van der Waals surface area contributed by atoms with E-state index in [1.165, 1.54) is 0 Å². The van der Waals surface area contributed by atoms with E-state index in [1.807, 2.05) is 38.1 Å². The van der Waals surface area contributed by atoms with Gasteiger partial charge in [0.25, 0.3) is 5.91 Å². The topological polar surface area (TPSA) is 69.6 Å². The molecule has 0 aromatic heterocycles. The Morgan fingerprint density at radius 2 is 1.85 bits per heavy atom. The molecule has 142 valence electrons. The van der Waals surface area contributed by atoms with Gasteiger partial charge in [0.1, 0.15) is 5.75 Å². The maximum atomic E-state index is 12.9. The predicted octanol–water partition coefficient (Wildman–Crippen LogP) is 3.18. The van der Waals surface area contributed by atoms with Crippen molar-refractivity contribution in [1.82, 2.24) is 10.2 Å². The van der Waals surface area contributed by atoms with Gasteiger partial charge in [-0.05, 0) is 44.9 Å². The molecular weight excluding hydrogens is 340 g/mol. The molecule has 1 heterocycles. The number of carbonyl (C=O) groups excluding carboxylic acids is 2. The molecule has 1 fully saturated rings. The number of nitrogens with one attached hydrogen (secondary N) is 1. The Hall–Kier alpha value is -2.82. The van der Waals surface area contributed by atoms with Crippen LogP contribution in [0.1, 0.15) is 39.9 Å². The summed E-state index contributed by atoms with van der Waals surface area (Å²) >= 11 is 0. The normalized spacial score (nSPS) is 16.8. The number of likely N-dealkylation sites (tertiary alicyclic amines) is 1. The van der Waals surface area contributed by atoms with Crippen LogP contribution in [-0.2, 0) is 11.3 Å². The number of benzene rings is 2. The molecule has 0 saturated carbocycles. The Kier molecular flexibility index (Phi) is 5.79. The summed E-state index contributed by atoms with van der Waals surface area (Å²) in [5.74, 6) is -0.135. The Morgan fingerprint density at radius 3 is 2.56 bits per heavy atom. The molecule has 1 aliphatic heterocycles. The zero-order valence-corrected chi connectivity index (χ0v) is 15.9. The standard InChI is InChI=1S/C22H26N2O3/c1-15-10-16(2)12-19(11-15)22(27)24-9-5-7-18(14-24)21(26)23-13-17-6-3-4-8-20(17)25/h3-4,6,8,10-12,18,25H,5,7,9,13-14H2,1-2H3,(H,23,26). The van der Waals surface area contributed by atoms with Gasteiger partial charge >= 0.3 is 0 Å². The summed E-state index contributed by atoms with van der Waals surface area (Å²) in [6, 6.07) is 12.8. The second-order valence-corrected chi connectivity index (χ2v) is 7.31. The highest BCUT2D eigenvalue weighted by Gasteiger charge is 2.29. The first-order chi connectivity index (χ1) is 12.9. The van der Waals surface area contributed by atoms with Crippen LogP contribution in [0.2, 0.25) is 0 Å². The predicted molar refractivity (Wildman–Crippen MR) is 104 cm³/mol. The third-order valence-corrected chi connectivity index (χ3v) is 4.99. The van der Waals surface area contributed by atoms with Crippen LogP contribution in [0.25, 0.3) is 0 Å². The van der Waals surface area contributed by atoms with Gasteiger partial charge in [-0.25, -0.2) is 0 Å². The highest BCUT2D eigenvalue weighted by molar-refractivity contribution is 5.95. The fraction of sp³-hybridized carbons (Fsp3) is 0.364. The molecule has 2 aromatic rings. The van der Waals surface area contributed by atoms with Gasteiger partial charge in [0.15, 0.2) is 0 Å². The van der Waals surface area contributed by atoms with Gasteiger partial charge in [0.2, 0.25) is 5.91 Å². The number of amides is 2. The molecule has 1 unspecified atom stereocenters. The zero-order valence-electron chi connectivity index (χ0n) is 15.9. The molecule has 2 aromatic carbocycles. The number of piperidine rings is 1. The van der Waals surface area contributed by atoms with E-state index in [0.717, 1.165) is 24.0 Å². The van der Waals surface area contributed by atoms with Crippen molar-refractivity contribution in [2.24, 2.45) is 5.92 Å². The van der Waals surface area contributed by atoms with Crippen molar-refractivity contribution in [3.8, 4) is 5.75 Å². The lowest BCUT2D eigenvalue weighted by Gasteiger charge is -2.32. The largest absolute Gasteiger partial charge is 0.508 e. The van der Waals surface area contributed by atoms with Crippen LogP contribution in [0.5, 0.6) is 5.75 Å². The van der Waals surface area contributed by atoms with Crippen molar-refractivity contribution in [3.63, 3.8) is 0 Å². The molecule has 3 rings (SSSR count). The average Bonchev–Trinajstić information content (AvgIpc) is 2.66. The maximum absolute atomic E-state index is 12.9. The van der Waals surface area contributed by atoms with Gasteiger partial charge in [0, 0.05) is 30.8 Å². The van der Waals surface area contributed by atoms with Crippen molar-refractivity contribution in [3.05, 3.63) is 64.7 Å². The monoisotopic (exact) mass is 366 g/mol. The molecule has 5 heteroatoms. The van der Waals surface area contributed by atoms with Crippen LogP contribution >= 0.6 is 0 Å². The summed E-state index contributed by atoms with van der Waals surface area (Å²) in [6.07, 6.45) is 1.58. The summed E-state index contributed by atoms with van der Waals surface area (Å²) in [7, 11) is 0. The Balaban J connectivity index is 1.62. The summed E-state index contributed by atoms with van der Waals surface area (Å²) in [4.78, 5) is 27.2. The van der Waals surface area contributed by atoms with Gasteiger partial charge < -0.3 is 15.3 Å². The van der Waals surface area contributed by atoms with Gasteiger partial charge in [-0.1, -0.05) is 35.4 Å². The molecule has 0 bridgehead atoms. The van der Waals surface area contributed by atoms with E-state index in [4.69, 9.17) is 0 Å². The lowest BCUT2D eigenvalue weighted by Crippen LogP contribution is -2.45. The molecule has 5 nitrogen and oxygen atoms in total. The van der Waals surface area contributed by atoms with Crippen molar-refractivity contribution < 1.29 is 14.7 Å². The number of carbonyl (C=O) groups is 2. The van der Waals surface area contributed by atoms with E-state index in [2.05, 4.69) is 5.32 Å². The lowest BCUT2D eigenvalue weighted by molar-refractivity contribution is -0.126. The van der Waals surface area contributed by atoms with E-state index < -0.39 is 0 Å². The first-order valence-corrected chi connectivity index (χ1v) is 9.36. The minimum absolute atomic E-state index is 0.0139.